The van der Waals surface area contributed by atoms with Crippen LogP contribution in [-0.4, -0.2) is 69.1 Å². The van der Waals surface area contributed by atoms with Gasteiger partial charge in [0.2, 0.25) is 0 Å². The van der Waals surface area contributed by atoms with Crippen LogP contribution < -0.4 is 10.5 Å². The number of hydrogen-bond donors (Lipinski definition) is 0. The van der Waals surface area contributed by atoms with Gasteiger partial charge in [-0.05, 0) is 44.9 Å². The van der Waals surface area contributed by atoms with Gasteiger partial charge in [0, 0.05) is 25.9 Å². The van der Waals surface area contributed by atoms with Crippen molar-refractivity contribution in [3.8, 4) is 0 Å². The first-order valence-corrected chi connectivity index (χ1v) is 12.4. The molecule has 174 valence electrons. The van der Waals surface area contributed by atoms with Crippen molar-refractivity contribution in [2.75, 3.05) is 31.1 Å². The first kappa shape index (κ1) is 22.5. The molecule has 5 rings (SSSR count). The molecule has 0 spiro atoms. The second-order valence-electron chi connectivity index (χ2n) is 8.67. The molecule has 8 nitrogen and oxygen atoms in total. The van der Waals surface area contributed by atoms with Crippen LogP contribution in [0.4, 0.5) is 5.82 Å². The molecule has 3 aliphatic heterocycles. The minimum Gasteiger partial charge on any atom is -0.376 e. The van der Waals surface area contributed by atoms with E-state index in [1.807, 2.05) is 26.0 Å². The number of aromatic nitrogens is 2. The van der Waals surface area contributed by atoms with Gasteiger partial charge in [-0.3, -0.25) is 18.9 Å². The Morgan fingerprint density at radius 2 is 2.03 bits per heavy atom. The van der Waals surface area contributed by atoms with Crippen molar-refractivity contribution < 1.29 is 14.3 Å². The third kappa shape index (κ3) is 4.44. The van der Waals surface area contributed by atoms with E-state index in [4.69, 9.17) is 26.7 Å². The number of hydrogen-bond acceptors (Lipinski definition) is 8. The van der Waals surface area contributed by atoms with Crippen molar-refractivity contribution in [3.63, 3.8) is 0 Å². The highest BCUT2D eigenvalue weighted by Gasteiger charge is 2.35. The summed E-state index contributed by atoms with van der Waals surface area (Å²) in [6, 6.07) is 5.45. The van der Waals surface area contributed by atoms with Crippen LogP contribution in [0.5, 0.6) is 0 Å². The van der Waals surface area contributed by atoms with E-state index in [-0.39, 0.29) is 29.8 Å². The maximum atomic E-state index is 13.5. The predicted octanol–water partition coefficient (Wildman–Crippen LogP) is 2.69. The SMILES string of the molecule is C[C@@H]1CN(c2nc3ccccn3c(=O)c2/C=C2/SC(=S)N(C[C@@H]3CCCO3)C2=O)C[C@H](C)O1. The summed E-state index contributed by atoms with van der Waals surface area (Å²) in [5.41, 5.74) is 0.733. The molecular formula is C23H26N4O4S2. The maximum Gasteiger partial charge on any atom is 0.267 e. The van der Waals surface area contributed by atoms with Crippen molar-refractivity contribution in [1.29, 1.82) is 0 Å². The van der Waals surface area contributed by atoms with Gasteiger partial charge in [-0.25, -0.2) is 4.98 Å². The molecule has 3 aliphatic rings. The third-order valence-corrected chi connectivity index (χ3v) is 7.41. The maximum absolute atomic E-state index is 13.5. The third-order valence-electron chi connectivity index (χ3n) is 6.03. The molecule has 2 aromatic heterocycles. The van der Waals surface area contributed by atoms with Crippen LogP contribution in [0.25, 0.3) is 11.7 Å². The number of fused-ring (bicyclic) bond motifs is 1. The highest BCUT2D eigenvalue weighted by atomic mass is 32.2. The van der Waals surface area contributed by atoms with Crippen LogP contribution in [-0.2, 0) is 14.3 Å². The quantitative estimate of drug-likeness (QED) is 0.482. The average Bonchev–Trinajstić information content (AvgIpc) is 3.39. The number of nitrogens with zero attached hydrogens (tertiary/aromatic N) is 4. The molecule has 3 fully saturated rings. The Labute approximate surface area is 201 Å². The predicted molar refractivity (Wildman–Crippen MR) is 133 cm³/mol. The van der Waals surface area contributed by atoms with Crippen molar-refractivity contribution in [2.45, 2.75) is 45.0 Å². The zero-order chi connectivity index (χ0) is 23.1. The van der Waals surface area contributed by atoms with Crippen molar-refractivity contribution in [1.82, 2.24) is 14.3 Å². The second kappa shape index (κ2) is 9.17. The molecule has 0 aliphatic carbocycles. The number of rotatable bonds is 4. The summed E-state index contributed by atoms with van der Waals surface area (Å²) in [6.45, 7) is 6.40. The molecule has 3 atom stereocenters. The summed E-state index contributed by atoms with van der Waals surface area (Å²) in [4.78, 5) is 35.6. The molecule has 10 heteroatoms. The average molecular weight is 487 g/mol. The Morgan fingerprint density at radius 3 is 2.76 bits per heavy atom. The van der Waals surface area contributed by atoms with Crippen LogP contribution >= 0.6 is 24.0 Å². The van der Waals surface area contributed by atoms with Gasteiger partial charge in [-0.1, -0.05) is 30.0 Å². The molecular weight excluding hydrogens is 460 g/mol. The van der Waals surface area contributed by atoms with Crippen molar-refractivity contribution >= 4 is 51.7 Å². The molecule has 5 heterocycles. The summed E-state index contributed by atoms with van der Waals surface area (Å²) in [6.07, 6.45) is 5.28. The topological polar surface area (TPSA) is 76.4 Å². The summed E-state index contributed by atoms with van der Waals surface area (Å²) in [7, 11) is 0. The fourth-order valence-corrected chi connectivity index (χ4v) is 5.85. The van der Waals surface area contributed by atoms with Gasteiger partial charge in [0.15, 0.2) is 0 Å². The van der Waals surface area contributed by atoms with E-state index in [9.17, 15) is 9.59 Å². The monoisotopic (exact) mass is 486 g/mol. The van der Waals surface area contributed by atoms with E-state index in [0.717, 1.165) is 12.8 Å². The molecule has 33 heavy (non-hydrogen) atoms. The lowest BCUT2D eigenvalue weighted by Crippen LogP contribution is -2.46. The van der Waals surface area contributed by atoms with Gasteiger partial charge < -0.3 is 14.4 Å². The van der Waals surface area contributed by atoms with E-state index in [1.54, 1.807) is 23.2 Å². The molecule has 0 N–H and O–H groups in total. The van der Waals surface area contributed by atoms with Crippen LogP contribution in [0.1, 0.15) is 32.3 Å². The van der Waals surface area contributed by atoms with E-state index in [1.165, 1.54) is 16.2 Å². The van der Waals surface area contributed by atoms with E-state index < -0.39 is 0 Å². The van der Waals surface area contributed by atoms with E-state index in [2.05, 4.69) is 4.90 Å². The number of ether oxygens (including phenoxy) is 2. The second-order valence-corrected chi connectivity index (χ2v) is 10.3. The van der Waals surface area contributed by atoms with Crippen molar-refractivity contribution in [3.05, 3.63) is 45.2 Å². The first-order chi connectivity index (χ1) is 15.9. The summed E-state index contributed by atoms with van der Waals surface area (Å²) in [5.74, 6) is 0.380. The molecule has 0 saturated carbocycles. The Hall–Kier alpha value is -2.27. The number of morpholine rings is 1. The van der Waals surface area contributed by atoms with Gasteiger partial charge in [-0.2, -0.15) is 0 Å². The normalized spacial score (nSPS) is 27.3. The van der Waals surface area contributed by atoms with E-state index >= 15 is 0 Å². The minimum absolute atomic E-state index is 0.00208. The Kier molecular flexibility index (Phi) is 6.26. The number of pyridine rings is 1. The molecule has 0 unspecified atom stereocenters. The van der Waals surface area contributed by atoms with Crippen LogP contribution in [0, 0.1) is 0 Å². The number of thiocarbonyl (C=S) groups is 1. The van der Waals surface area contributed by atoms with E-state index in [0.29, 0.717) is 52.5 Å². The number of carbonyl (C=O) groups excluding carboxylic acids is 1. The lowest BCUT2D eigenvalue weighted by molar-refractivity contribution is -0.123. The number of amides is 1. The lowest BCUT2D eigenvalue weighted by Gasteiger charge is -2.36. The van der Waals surface area contributed by atoms with Crippen LogP contribution in [0.3, 0.4) is 0 Å². The summed E-state index contributed by atoms with van der Waals surface area (Å²) in [5, 5.41) is 0. The van der Waals surface area contributed by atoms with Crippen LogP contribution in [0.2, 0.25) is 0 Å². The Morgan fingerprint density at radius 1 is 1.24 bits per heavy atom. The Balaban J connectivity index is 1.56. The minimum atomic E-state index is -0.216. The molecule has 0 radical (unpaired) electrons. The van der Waals surface area contributed by atoms with Gasteiger partial charge in [0.25, 0.3) is 11.5 Å². The van der Waals surface area contributed by atoms with Gasteiger partial charge >= 0.3 is 0 Å². The smallest absolute Gasteiger partial charge is 0.267 e. The molecule has 0 bridgehead atoms. The largest absolute Gasteiger partial charge is 0.376 e. The number of anilines is 1. The number of thioether (sulfide) groups is 1. The van der Waals surface area contributed by atoms with Gasteiger partial charge in [-0.15, -0.1) is 0 Å². The molecule has 3 saturated heterocycles. The number of carbonyl (C=O) groups is 1. The van der Waals surface area contributed by atoms with Crippen molar-refractivity contribution in [2.24, 2.45) is 0 Å². The fourth-order valence-electron chi connectivity index (χ4n) is 4.59. The molecule has 2 aromatic rings. The molecule has 0 aromatic carbocycles. The van der Waals surface area contributed by atoms with Gasteiger partial charge in [0.05, 0.1) is 35.3 Å². The molecule has 1 amide bonds. The summed E-state index contributed by atoms with van der Waals surface area (Å²) < 4.78 is 13.6. The van der Waals surface area contributed by atoms with Gasteiger partial charge in [0.1, 0.15) is 15.8 Å². The zero-order valence-electron chi connectivity index (χ0n) is 18.6. The van der Waals surface area contributed by atoms with Crippen LogP contribution in [0.15, 0.2) is 34.1 Å². The first-order valence-electron chi connectivity index (χ1n) is 11.2. The highest BCUT2D eigenvalue weighted by Crippen LogP contribution is 2.34. The Bertz CT molecular complexity index is 1180. The fraction of sp³-hybridized carbons (Fsp3) is 0.478. The standard InChI is InChI=1S/C23H26N4O4S2/c1-14-11-25(12-15(2)31-14)20-17(21(28)26-8-4-3-7-19(26)24-20)10-18-22(29)27(23(32)33-18)13-16-6-5-9-30-16/h3-4,7-8,10,14-16H,5-6,9,11-13H2,1-2H3/b18-10+/t14-,15+,16-/m0/s1. The summed E-state index contributed by atoms with van der Waals surface area (Å²) >= 11 is 6.71. The lowest BCUT2D eigenvalue weighted by atomic mass is 10.1. The highest BCUT2D eigenvalue weighted by molar-refractivity contribution is 8.26. The zero-order valence-corrected chi connectivity index (χ0v) is 20.2.